The first-order valence-electron chi connectivity index (χ1n) is 6.55. The highest BCUT2D eigenvalue weighted by atomic mass is 16.1. The van der Waals surface area contributed by atoms with E-state index in [0.717, 1.165) is 17.7 Å². The summed E-state index contributed by atoms with van der Waals surface area (Å²) in [6.07, 6.45) is 5.73. The van der Waals surface area contributed by atoms with E-state index < -0.39 is 0 Å². The SMILES string of the molecule is CCc1ccc(NC(=O)CCc2cccnc2)cc1. The van der Waals surface area contributed by atoms with Crippen LogP contribution < -0.4 is 5.32 Å². The highest BCUT2D eigenvalue weighted by molar-refractivity contribution is 5.90. The highest BCUT2D eigenvalue weighted by Gasteiger charge is 2.03. The monoisotopic (exact) mass is 254 g/mol. The average molecular weight is 254 g/mol. The van der Waals surface area contributed by atoms with Crippen molar-refractivity contribution >= 4 is 11.6 Å². The molecule has 0 aliphatic rings. The van der Waals surface area contributed by atoms with E-state index >= 15 is 0 Å². The van der Waals surface area contributed by atoms with Crippen LogP contribution in [-0.2, 0) is 17.6 Å². The lowest BCUT2D eigenvalue weighted by Crippen LogP contribution is -2.12. The fourth-order valence-electron chi connectivity index (χ4n) is 1.85. The van der Waals surface area contributed by atoms with Crippen molar-refractivity contribution in [1.29, 1.82) is 0 Å². The third-order valence-electron chi connectivity index (χ3n) is 3.01. The normalized spacial score (nSPS) is 10.2. The van der Waals surface area contributed by atoms with Gasteiger partial charge in [0.05, 0.1) is 0 Å². The summed E-state index contributed by atoms with van der Waals surface area (Å²) < 4.78 is 0. The molecule has 0 atom stereocenters. The summed E-state index contributed by atoms with van der Waals surface area (Å²) in [5, 5.41) is 2.90. The van der Waals surface area contributed by atoms with Gasteiger partial charge in [-0.15, -0.1) is 0 Å². The van der Waals surface area contributed by atoms with E-state index in [1.54, 1.807) is 12.4 Å². The predicted molar refractivity (Wildman–Crippen MR) is 77.0 cm³/mol. The third-order valence-corrected chi connectivity index (χ3v) is 3.01. The molecule has 0 bridgehead atoms. The zero-order valence-corrected chi connectivity index (χ0v) is 11.1. The number of pyridine rings is 1. The maximum Gasteiger partial charge on any atom is 0.224 e. The topological polar surface area (TPSA) is 42.0 Å². The molecule has 1 aromatic carbocycles. The molecule has 0 unspecified atom stereocenters. The van der Waals surface area contributed by atoms with Gasteiger partial charge in [-0.05, 0) is 42.2 Å². The van der Waals surface area contributed by atoms with Crippen molar-refractivity contribution in [3.05, 3.63) is 59.9 Å². The van der Waals surface area contributed by atoms with Gasteiger partial charge in [-0.3, -0.25) is 9.78 Å². The molecule has 1 heterocycles. The fourth-order valence-corrected chi connectivity index (χ4v) is 1.85. The first-order chi connectivity index (χ1) is 9.28. The Morgan fingerprint density at radius 1 is 1.16 bits per heavy atom. The number of aromatic nitrogens is 1. The van der Waals surface area contributed by atoms with E-state index in [9.17, 15) is 4.79 Å². The Bertz CT molecular complexity index is 520. The number of carbonyl (C=O) groups excluding carboxylic acids is 1. The van der Waals surface area contributed by atoms with Gasteiger partial charge in [0.25, 0.3) is 0 Å². The Morgan fingerprint density at radius 2 is 1.95 bits per heavy atom. The van der Waals surface area contributed by atoms with Gasteiger partial charge in [0.2, 0.25) is 5.91 Å². The van der Waals surface area contributed by atoms with E-state index in [1.807, 2.05) is 36.4 Å². The second-order valence-corrected chi connectivity index (χ2v) is 4.46. The standard InChI is InChI=1S/C16H18N2O/c1-2-13-5-8-15(9-6-13)18-16(19)10-7-14-4-3-11-17-12-14/h3-6,8-9,11-12H,2,7,10H2,1H3,(H,18,19). The van der Waals surface area contributed by atoms with Crippen LogP contribution >= 0.6 is 0 Å². The third kappa shape index (κ3) is 4.21. The Hall–Kier alpha value is -2.16. The van der Waals surface area contributed by atoms with Crippen molar-refractivity contribution in [1.82, 2.24) is 4.98 Å². The van der Waals surface area contributed by atoms with Gasteiger partial charge in [-0.2, -0.15) is 0 Å². The number of carbonyl (C=O) groups is 1. The number of hydrogen-bond donors (Lipinski definition) is 1. The predicted octanol–water partition coefficient (Wildman–Crippen LogP) is 3.22. The van der Waals surface area contributed by atoms with Gasteiger partial charge < -0.3 is 5.32 Å². The van der Waals surface area contributed by atoms with E-state index in [4.69, 9.17) is 0 Å². The summed E-state index contributed by atoms with van der Waals surface area (Å²) in [5.41, 5.74) is 3.21. The summed E-state index contributed by atoms with van der Waals surface area (Å²) >= 11 is 0. The van der Waals surface area contributed by atoms with Gasteiger partial charge in [-0.25, -0.2) is 0 Å². The molecule has 0 aliphatic carbocycles. The van der Waals surface area contributed by atoms with Crippen molar-refractivity contribution in [2.75, 3.05) is 5.32 Å². The van der Waals surface area contributed by atoms with Gasteiger partial charge in [-0.1, -0.05) is 25.1 Å². The number of rotatable bonds is 5. The molecule has 1 N–H and O–H groups in total. The van der Waals surface area contributed by atoms with E-state index in [-0.39, 0.29) is 5.91 Å². The quantitative estimate of drug-likeness (QED) is 0.890. The van der Waals surface area contributed by atoms with E-state index in [1.165, 1.54) is 5.56 Å². The molecule has 0 fully saturated rings. The molecule has 2 rings (SSSR count). The smallest absolute Gasteiger partial charge is 0.224 e. The van der Waals surface area contributed by atoms with Crippen LogP contribution in [0.5, 0.6) is 0 Å². The molecule has 0 saturated carbocycles. The van der Waals surface area contributed by atoms with Crippen LogP contribution in [0.3, 0.4) is 0 Å². The van der Waals surface area contributed by atoms with Crippen LogP contribution in [0.2, 0.25) is 0 Å². The van der Waals surface area contributed by atoms with Gasteiger partial charge in [0.1, 0.15) is 0 Å². The lowest BCUT2D eigenvalue weighted by Gasteiger charge is -2.06. The lowest BCUT2D eigenvalue weighted by molar-refractivity contribution is -0.116. The number of nitrogens with one attached hydrogen (secondary N) is 1. The molecule has 0 radical (unpaired) electrons. The van der Waals surface area contributed by atoms with Gasteiger partial charge >= 0.3 is 0 Å². The minimum Gasteiger partial charge on any atom is -0.326 e. The molecule has 1 amide bonds. The largest absolute Gasteiger partial charge is 0.326 e. The summed E-state index contributed by atoms with van der Waals surface area (Å²) in [5.74, 6) is 0.0353. The van der Waals surface area contributed by atoms with Gasteiger partial charge in [0, 0.05) is 24.5 Å². The number of aryl methyl sites for hydroxylation is 2. The van der Waals surface area contributed by atoms with Crippen molar-refractivity contribution in [3.8, 4) is 0 Å². The first-order valence-corrected chi connectivity index (χ1v) is 6.55. The van der Waals surface area contributed by atoms with Crippen molar-refractivity contribution in [2.45, 2.75) is 26.2 Å². The number of amides is 1. The minimum absolute atomic E-state index is 0.0353. The first kappa shape index (κ1) is 13.3. The van der Waals surface area contributed by atoms with Crippen LogP contribution in [0.25, 0.3) is 0 Å². The zero-order valence-electron chi connectivity index (χ0n) is 11.1. The van der Waals surface area contributed by atoms with E-state index in [0.29, 0.717) is 12.8 Å². The number of hydrogen-bond acceptors (Lipinski definition) is 2. The molecular formula is C16H18N2O. The molecule has 0 spiro atoms. The average Bonchev–Trinajstić information content (AvgIpc) is 2.47. The van der Waals surface area contributed by atoms with E-state index in [2.05, 4.69) is 17.2 Å². The second-order valence-electron chi connectivity index (χ2n) is 4.46. The summed E-state index contributed by atoms with van der Waals surface area (Å²) in [4.78, 5) is 15.8. The zero-order chi connectivity index (χ0) is 13.5. The maximum absolute atomic E-state index is 11.8. The molecular weight excluding hydrogens is 236 g/mol. The Balaban J connectivity index is 1.83. The Labute approximate surface area is 113 Å². The van der Waals surface area contributed by atoms with Crippen LogP contribution in [0, 0.1) is 0 Å². The molecule has 0 saturated heterocycles. The summed E-state index contributed by atoms with van der Waals surface area (Å²) in [6, 6.07) is 11.8. The molecule has 19 heavy (non-hydrogen) atoms. The highest BCUT2D eigenvalue weighted by Crippen LogP contribution is 2.11. The molecule has 2 aromatic rings. The van der Waals surface area contributed by atoms with Crippen LogP contribution in [0.1, 0.15) is 24.5 Å². The molecule has 3 nitrogen and oxygen atoms in total. The lowest BCUT2D eigenvalue weighted by atomic mass is 10.1. The van der Waals surface area contributed by atoms with Crippen molar-refractivity contribution in [3.63, 3.8) is 0 Å². The molecule has 98 valence electrons. The Kier molecular flexibility index (Phi) is 4.67. The molecule has 1 aromatic heterocycles. The van der Waals surface area contributed by atoms with Gasteiger partial charge in [0.15, 0.2) is 0 Å². The Morgan fingerprint density at radius 3 is 2.58 bits per heavy atom. The minimum atomic E-state index is 0.0353. The van der Waals surface area contributed by atoms with Crippen LogP contribution in [0.15, 0.2) is 48.8 Å². The number of nitrogens with zero attached hydrogens (tertiary/aromatic N) is 1. The fraction of sp³-hybridized carbons (Fsp3) is 0.250. The van der Waals surface area contributed by atoms with Crippen LogP contribution in [-0.4, -0.2) is 10.9 Å². The van der Waals surface area contributed by atoms with Crippen LogP contribution in [0.4, 0.5) is 5.69 Å². The van der Waals surface area contributed by atoms with Crippen molar-refractivity contribution in [2.24, 2.45) is 0 Å². The maximum atomic E-state index is 11.8. The summed E-state index contributed by atoms with van der Waals surface area (Å²) in [6.45, 7) is 2.11. The summed E-state index contributed by atoms with van der Waals surface area (Å²) in [7, 11) is 0. The van der Waals surface area contributed by atoms with Crippen molar-refractivity contribution < 1.29 is 4.79 Å². The second kappa shape index (κ2) is 6.69. The number of benzene rings is 1. The number of anilines is 1. The molecule has 3 heteroatoms. The molecule has 0 aliphatic heterocycles.